The summed E-state index contributed by atoms with van der Waals surface area (Å²) in [5.74, 6) is 3.33. The summed E-state index contributed by atoms with van der Waals surface area (Å²) in [6, 6.07) is 22.3. The highest BCUT2D eigenvalue weighted by Gasteiger charge is 2.09. The van der Waals surface area contributed by atoms with Crippen LogP contribution in [0, 0.1) is 0 Å². The predicted molar refractivity (Wildman–Crippen MR) is 144 cm³/mol. The first-order valence-electron chi connectivity index (χ1n) is 11.9. The first kappa shape index (κ1) is 24.1. The number of methoxy groups -OCH3 is 2. The van der Waals surface area contributed by atoms with E-state index in [0.717, 1.165) is 64.6 Å². The number of nitrogens with zero attached hydrogens (tertiary/aromatic N) is 2. The fourth-order valence-electron chi connectivity index (χ4n) is 4.00. The number of allylic oxidation sites excluding steroid dienone is 1. The molecule has 0 spiro atoms. The number of fused-ring (bicyclic) bond motifs is 1. The number of aryl methyl sites for hydroxylation is 1. The number of ether oxygens (including phenoxy) is 3. The number of aromatic nitrogens is 2. The third-order valence-electron chi connectivity index (χ3n) is 5.81. The first-order chi connectivity index (χ1) is 17.2. The fraction of sp³-hybridized carbons (Fsp3) is 0.233. The average molecular weight is 469 g/mol. The van der Waals surface area contributed by atoms with Crippen molar-refractivity contribution >= 4 is 29.3 Å². The smallest absolute Gasteiger partial charge is 0.161 e. The predicted octanol–water partition coefficient (Wildman–Crippen LogP) is 7.12. The maximum atomic E-state index is 6.02. The van der Waals surface area contributed by atoms with Crippen LogP contribution in [0.4, 0.5) is 0 Å². The van der Waals surface area contributed by atoms with Gasteiger partial charge in [0.2, 0.25) is 0 Å². The number of para-hydroxylation sites is 2. The van der Waals surface area contributed by atoms with Gasteiger partial charge in [0, 0.05) is 6.54 Å². The lowest BCUT2D eigenvalue weighted by molar-refractivity contribution is 0.284. The van der Waals surface area contributed by atoms with Gasteiger partial charge in [-0.05, 0) is 73.4 Å². The van der Waals surface area contributed by atoms with Crippen LogP contribution >= 0.6 is 0 Å². The van der Waals surface area contributed by atoms with Crippen LogP contribution in [0.3, 0.4) is 0 Å². The largest absolute Gasteiger partial charge is 0.497 e. The van der Waals surface area contributed by atoms with E-state index < -0.39 is 0 Å². The van der Waals surface area contributed by atoms with Crippen LogP contribution in [-0.2, 0) is 6.54 Å². The van der Waals surface area contributed by atoms with E-state index in [1.165, 1.54) is 0 Å². The molecule has 3 aromatic carbocycles. The third kappa shape index (κ3) is 6.12. The van der Waals surface area contributed by atoms with E-state index >= 15 is 0 Å². The molecule has 0 radical (unpaired) electrons. The number of imidazole rings is 1. The highest BCUT2D eigenvalue weighted by Crippen LogP contribution is 2.29. The fourth-order valence-corrected chi connectivity index (χ4v) is 4.00. The van der Waals surface area contributed by atoms with Crippen molar-refractivity contribution in [3.63, 3.8) is 0 Å². The Balaban J connectivity index is 1.40. The quantitative estimate of drug-likeness (QED) is 0.220. The minimum absolute atomic E-state index is 0.628. The molecule has 35 heavy (non-hydrogen) atoms. The van der Waals surface area contributed by atoms with Crippen molar-refractivity contribution in [1.82, 2.24) is 9.55 Å². The molecule has 0 saturated heterocycles. The first-order valence-corrected chi connectivity index (χ1v) is 11.9. The molecule has 5 heteroatoms. The molecule has 0 aliphatic heterocycles. The van der Waals surface area contributed by atoms with Crippen LogP contribution in [0.25, 0.3) is 29.3 Å². The summed E-state index contributed by atoms with van der Waals surface area (Å²) in [5, 5.41) is 0. The van der Waals surface area contributed by atoms with Gasteiger partial charge in [-0.2, -0.15) is 0 Å². The van der Waals surface area contributed by atoms with Gasteiger partial charge in [-0.25, -0.2) is 4.98 Å². The van der Waals surface area contributed by atoms with Gasteiger partial charge < -0.3 is 18.8 Å². The molecule has 180 valence electrons. The molecule has 4 rings (SSSR count). The molecule has 0 amide bonds. The standard InChI is InChI=1S/C30H32N2O3/c1-4-9-24-14-18-28(29(22-24)34-3)35-21-8-7-20-32-27-11-6-5-10-26(27)31-30(32)19-15-23-12-16-25(33-2)17-13-23/h4-6,9-19,22H,7-8,20-21H2,1-3H3/b9-4+,19-15+. The molecule has 4 aromatic rings. The Morgan fingerprint density at radius 3 is 2.37 bits per heavy atom. The molecule has 0 unspecified atom stereocenters. The summed E-state index contributed by atoms with van der Waals surface area (Å²) in [6.07, 6.45) is 10.1. The van der Waals surface area contributed by atoms with Gasteiger partial charge in [0.1, 0.15) is 11.6 Å². The highest BCUT2D eigenvalue weighted by molar-refractivity contribution is 5.79. The van der Waals surface area contributed by atoms with Gasteiger partial charge in [0.15, 0.2) is 11.5 Å². The van der Waals surface area contributed by atoms with E-state index in [2.05, 4.69) is 34.9 Å². The Labute approximate surface area is 207 Å². The monoisotopic (exact) mass is 468 g/mol. The zero-order chi connectivity index (χ0) is 24.5. The van der Waals surface area contributed by atoms with Crippen molar-refractivity contribution in [2.24, 2.45) is 0 Å². The number of hydrogen-bond acceptors (Lipinski definition) is 4. The summed E-state index contributed by atoms with van der Waals surface area (Å²) in [7, 11) is 3.35. The summed E-state index contributed by atoms with van der Waals surface area (Å²) in [6.45, 7) is 3.49. The second-order valence-electron chi connectivity index (χ2n) is 8.18. The zero-order valence-corrected chi connectivity index (χ0v) is 20.6. The van der Waals surface area contributed by atoms with Crippen LogP contribution in [0.2, 0.25) is 0 Å². The lowest BCUT2D eigenvalue weighted by Crippen LogP contribution is -2.04. The highest BCUT2D eigenvalue weighted by atomic mass is 16.5. The number of benzene rings is 3. The number of rotatable bonds is 11. The van der Waals surface area contributed by atoms with Gasteiger partial charge >= 0.3 is 0 Å². The van der Waals surface area contributed by atoms with Crippen molar-refractivity contribution in [3.05, 3.63) is 89.8 Å². The SMILES string of the molecule is C/C=C/c1ccc(OCCCCn2c(/C=C/c3ccc(OC)cc3)nc3ccccc32)c(OC)c1. The normalized spacial score (nSPS) is 11.5. The van der Waals surface area contributed by atoms with Crippen LogP contribution in [0.15, 0.2) is 72.8 Å². The van der Waals surface area contributed by atoms with Crippen LogP contribution in [0.5, 0.6) is 17.2 Å². The molecule has 1 aromatic heterocycles. The van der Waals surface area contributed by atoms with Crippen LogP contribution in [0.1, 0.15) is 36.7 Å². The second-order valence-corrected chi connectivity index (χ2v) is 8.18. The lowest BCUT2D eigenvalue weighted by atomic mass is 10.2. The lowest BCUT2D eigenvalue weighted by Gasteiger charge is -2.12. The Bertz CT molecular complexity index is 1300. The topological polar surface area (TPSA) is 45.5 Å². The molecular weight excluding hydrogens is 436 g/mol. The Morgan fingerprint density at radius 1 is 0.800 bits per heavy atom. The average Bonchev–Trinajstić information content (AvgIpc) is 3.25. The zero-order valence-electron chi connectivity index (χ0n) is 20.6. The maximum Gasteiger partial charge on any atom is 0.161 e. The van der Waals surface area contributed by atoms with Crippen molar-refractivity contribution < 1.29 is 14.2 Å². The van der Waals surface area contributed by atoms with Crippen LogP contribution < -0.4 is 14.2 Å². The molecule has 0 atom stereocenters. The molecule has 0 bridgehead atoms. The molecular formula is C30H32N2O3. The van der Waals surface area contributed by atoms with Crippen molar-refractivity contribution in [3.8, 4) is 17.2 Å². The number of unbranched alkanes of at least 4 members (excludes halogenated alkanes) is 1. The summed E-state index contributed by atoms with van der Waals surface area (Å²) in [4.78, 5) is 4.85. The third-order valence-corrected chi connectivity index (χ3v) is 5.81. The molecule has 0 saturated carbocycles. The van der Waals surface area contributed by atoms with Crippen molar-refractivity contribution in [2.45, 2.75) is 26.3 Å². The van der Waals surface area contributed by atoms with Gasteiger partial charge in [-0.3, -0.25) is 0 Å². The molecule has 1 heterocycles. The van der Waals surface area contributed by atoms with E-state index in [-0.39, 0.29) is 0 Å². The van der Waals surface area contributed by atoms with Crippen molar-refractivity contribution in [2.75, 3.05) is 20.8 Å². The summed E-state index contributed by atoms with van der Waals surface area (Å²) in [5.41, 5.74) is 4.35. The van der Waals surface area contributed by atoms with E-state index in [0.29, 0.717) is 6.61 Å². The van der Waals surface area contributed by atoms with Gasteiger partial charge in [-0.15, -0.1) is 0 Å². The summed E-state index contributed by atoms with van der Waals surface area (Å²) >= 11 is 0. The Morgan fingerprint density at radius 2 is 1.60 bits per heavy atom. The molecule has 5 nitrogen and oxygen atoms in total. The van der Waals surface area contributed by atoms with E-state index in [1.807, 2.05) is 67.6 Å². The van der Waals surface area contributed by atoms with Gasteiger partial charge in [-0.1, -0.05) is 48.6 Å². The maximum absolute atomic E-state index is 6.02. The van der Waals surface area contributed by atoms with Crippen molar-refractivity contribution in [1.29, 1.82) is 0 Å². The van der Waals surface area contributed by atoms with E-state index in [9.17, 15) is 0 Å². The molecule has 0 aliphatic rings. The number of hydrogen-bond donors (Lipinski definition) is 0. The Kier molecular flexibility index (Phi) is 8.23. The summed E-state index contributed by atoms with van der Waals surface area (Å²) < 4.78 is 19.1. The second kappa shape index (κ2) is 11.9. The minimum atomic E-state index is 0.628. The van der Waals surface area contributed by atoms with Crippen LogP contribution in [-0.4, -0.2) is 30.4 Å². The molecule has 0 fully saturated rings. The minimum Gasteiger partial charge on any atom is -0.497 e. The van der Waals surface area contributed by atoms with E-state index in [4.69, 9.17) is 19.2 Å². The molecule has 0 aliphatic carbocycles. The van der Waals surface area contributed by atoms with Gasteiger partial charge in [0.25, 0.3) is 0 Å². The Hall–Kier alpha value is -3.99. The van der Waals surface area contributed by atoms with Gasteiger partial charge in [0.05, 0.1) is 31.9 Å². The van der Waals surface area contributed by atoms with E-state index in [1.54, 1.807) is 14.2 Å². The molecule has 0 N–H and O–H groups in total.